The normalized spacial score (nSPS) is 10.8. The highest BCUT2D eigenvalue weighted by Gasteiger charge is 2.11. The first-order chi connectivity index (χ1) is 11.4. The third kappa shape index (κ3) is 2.66. The first kappa shape index (κ1) is 13.5. The van der Waals surface area contributed by atoms with Gasteiger partial charge in [0.05, 0.1) is 0 Å². The number of hydrogen-bond acceptors (Lipinski definition) is 3. The van der Waals surface area contributed by atoms with Crippen molar-refractivity contribution in [3.63, 3.8) is 0 Å². The van der Waals surface area contributed by atoms with Gasteiger partial charge in [-0.05, 0) is 17.2 Å². The van der Waals surface area contributed by atoms with Crippen LogP contribution in [-0.4, -0.2) is 14.6 Å². The molecule has 0 fully saturated rings. The molecule has 4 nitrogen and oxygen atoms in total. The van der Waals surface area contributed by atoms with Crippen LogP contribution in [0.1, 0.15) is 5.56 Å². The van der Waals surface area contributed by atoms with Crippen molar-refractivity contribution in [2.75, 3.05) is 5.32 Å². The zero-order valence-electron chi connectivity index (χ0n) is 12.6. The molecule has 0 aliphatic rings. The Morgan fingerprint density at radius 3 is 2.39 bits per heavy atom. The summed E-state index contributed by atoms with van der Waals surface area (Å²) in [6, 6.07) is 22.7. The molecule has 2 heterocycles. The summed E-state index contributed by atoms with van der Waals surface area (Å²) in [5, 5.41) is 7.74. The van der Waals surface area contributed by atoms with Gasteiger partial charge < -0.3 is 5.32 Å². The van der Waals surface area contributed by atoms with E-state index in [2.05, 4.69) is 45.7 Å². The lowest BCUT2D eigenvalue weighted by molar-refractivity contribution is 0.900. The molecular formula is C19H16N4. The lowest BCUT2D eigenvalue weighted by Gasteiger charge is -2.09. The molecule has 4 aromatic rings. The van der Waals surface area contributed by atoms with E-state index in [-0.39, 0.29) is 0 Å². The van der Waals surface area contributed by atoms with Crippen LogP contribution in [0.5, 0.6) is 0 Å². The molecule has 0 saturated carbocycles. The van der Waals surface area contributed by atoms with Crippen molar-refractivity contribution in [1.29, 1.82) is 0 Å². The fourth-order valence-electron chi connectivity index (χ4n) is 2.72. The van der Waals surface area contributed by atoms with Crippen LogP contribution in [0.2, 0.25) is 0 Å². The van der Waals surface area contributed by atoms with Gasteiger partial charge in [0.15, 0.2) is 5.82 Å². The molecule has 0 bridgehead atoms. The van der Waals surface area contributed by atoms with E-state index >= 15 is 0 Å². The van der Waals surface area contributed by atoms with E-state index in [9.17, 15) is 0 Å². The smallest absolute Gasteiger partial charge is 0.154 e. The average molecular weight is 300 g/mol. The Balaban J connectivity index is 1.73. The van der Waals surface area contributed by atoms with Gasteiger partial charge in [-0.25, -0.2) is 9.50 Å². The van der Waals surface area contributed by atoms with E-state index < -0.39 is 0 Å². The summed E-state index contributed by atoms with van der Waals surface area (Å²) in [5.74, 6) is 0.840. The maximum Gasteiger partial charge on any atom is 0.154 e. The molecule has 2 aromatic carbocycles. The van der Waals surface area contributed by atoms with Crippen LogP contribution in [0.15, 0.2) is 79.3 Å². The first-order valence-corrected chi connectivity index (χ1v) is 7.57. The quantitative estimate of drug-likeness (QED) is 0.619. The maximum atomic E-state index is 4.44. The Morgan fingerprint density at radius 2 is 1.61 bits per heavy atom. The van der Waals surface area contributed by atoms with Crippen LogP contribution in [-0.2, 0) is 6.54 Å². The maximum absolute atomic E-state index is 4.44. The number of benzene rings is 2. The third-order valence-corrected chi connectivity index (χ3v) is 3.84. The van der Waals surface area contributed by atoms with E-state index in [1.807, 2.05) is 47.1 Å². The molecule has 2 aromatic heterocycles. The summed E-state index contributed by atoms with van der Waals surface area (Å²) in [6.07, 6.45) is 3.54. The molecule has 0 unspecified atom stereocenters. The summed E-state index contributed by atoms with van der Waals surface area (Å²) in [5.41, 5.74) is 4.50. The van der Waals surface area contributed by atoms with Gasteiger partial charge in [-0.2, -0.15) is 5.10 Å². The highest BCUT2D eigenvalue weighted by Crippen LogP contribution is 2.29. The zero-order valence-corrected chi connectivity index (χ0v) is 12.6. The number of aromatic nitrogens is 3. The van der Waals surface area contributed by atoms with Crippen molar-refractivity contribution in [2.45, 2.75) is 6.54 Å². The molecule has 0 amide bonds. The summed E-state index contributed by atoms with van der Waals surface area (Å²) < 4.78 is 1.86. The first-order valence-electron chi connectivity index (χ1n) is 7.57. The zero-order chi connectivity index (χ0) is 15.5. The molecule has 0 radical (unpaired) electrons. The second kappa shape index (κ2) is 5.93. The fourth-order valence-corrected chi connectivity index (χ4v) is 2.72. The van der Waals surface area contributed by atoms with Gasteiger partial charge in [-0.3, -0.25) is 0 Å². The second-order valence-corrected chi connectivity index (χ2v) is 5.34. The third-order valence-electron chi connectivity index (χ3n) is 3.84. The molecule has 23 heavy (non-hydrogen) atoms. The molecule has 1 N–H and O–H groups in total. The number of nitrogens with one attached hydrogen (secondary N) is 1. The molecule has 0 aliphatic heterocycles. The predicted octanol–water partition coefficient (Wildman–Crippen LogP) is 4.01. The van der Waals surface area contributed by atoms with Crippen molar-refractivity contribution in [3.8, 4) is 11.1 Å². The largest absolute Gasteiger partial charge is 0.364 e. The van der Waals surface area contributed by atoms with Crippen molar-refractivity contribution < 1.29 is 0 Å². The molecule has 4 heteroatoms. The predicted molar refractivity (Wildman–Crippen MR) is 92.2 cm³/mol. The second-order valence-electron chi connectivity index (χ2n) is 5.34. The van der Waals surface area contributed by atoms with Crippen LogP contribution in [0.4, 0.5) is 5.82 Å². The van der Waals surface area contributed by atoms with Gasteiger partial charge in [0.25, 0.3) is 0 Å². The SMILES string of the molecule is c1ccc(CNc2ncnn3ccc(-c4ccccc4)c23)cc1. The van der Waals surface area contributed by atoms with Crippen LogP contribution in [0, 0.1) is 0 Å². The molecule has 112 valence electrons. The monoisotopic (exact) mass is 300 g/mol. The van der Waals surface area contributed by atoms with Gasteiger partial charge in [0.2, 0.25) is 0 Å². The summed E-state index contributed by atoms with van der Waals surface area (Å²) in [7, 11) is 0. The van der Waals surface area contributed by atoms with E-state index in [1.54, 1.807) is 6.33 Å². The van der Waals surface area contributed by atoms with Gasteiger partial charge in [-0.15, -0.1) is 0 Å². The highest BCUT2D eigenvalue weighted by molar-refractivity contribution is 5.88. The molecule has 0 spiro atoms. The van der Waals surface area contributed by atoms with E-state index in [0.29, 0.717) is 0 Å². The summed E-state index contributed by atoms with van der Waals surface area (Å²) in [6.45, 7) is 0.729. The van der Waals surface area contributed by atoms with Crippen molar-refractivity contribution >= 4 is 11.3 Å². The lowest BCUT2D eigenvalue weighted by Crippen LogP contribution is -2.04. The van der Waals surface area contributed by atoms with Crippen LogP contribution >= 0.6 is 0 Å². The standard InChI is InChI=1S/C19H16N4/c1-3-7-15(8-4-1)13-20-19-18-17(16-9-5-2-6-10-16)11-12-23(18)22-14-21-19/h1-12,14H,13H2,(H,20,21,22). The Morgan fingerprint density at radius 1 is 0.870 bits per heavy atom. The average Bonchev–Trinajstić information content (AvgIpc) is 3.06. The Kier molecular flexibility index (Phi) is 3.48. The number of nitrogens with zero attached hydrogens (tertiary/aromatic N) is 3. The number of hydrogen-bond donors (Lipinski definition) is 1. The number of fused-ring (bicyclic) bond motifs is 1. The Labute approximate surface area is 134 Å². The van der Waals surface area contributed by atoms with E-state index in [0.717, 1.165) is 29.0 Å². The number of rotatable bonds is 4. The minimum atomic E-state index is 0.729. The Hall–Kier alpha value is -3.14. The Bertz CT molecular complexity index is 914. The van der Waals surface area contributed by atoms with E-state index in [4.69, 9.17) is 0 Å². The van der Waals surface area contributed by atoms with Gasteiger partial charge >= 0.3 is 0 Å². The lowest BCUT2D eigenvalue weighted by atomic mass is 10.1. The molecule has 0 atom stereocenters. The topological polar surface area (TPSA) is 42.2 Å². The van der Waals surface area contributed by atoms with Gasteiger partial charge in [0.1, 0.15) is 11.8 Å². The molecular weight excluding hydrogens is 284 g/mol. The summed E-state index contributed by atoms with van der Waals surface area (Å²) in [4.78, 5) is 4.44. The summed E-state index contributed by atoms with van der Waals surface area (Å²) >= 11 is 0. The van der Waals surface area contributed by atoms with Crippen LogP contribution in [0.25, 0.3) is 16.6 Å². The van der Waals surface area contributed by atoms with Crippen molar-refractivity contribution in [3.05, 3.63) is 84.8 Å². The fraction of sp³-hybridized carbons (Fsp3) is 0.0526. The van der Waals surface area contributed by atoms with Gasteiger partial charge in [-0.1, -0.05) is 60.7 Å². The molecule has 0 aliphatic carbocycles. The minimum absolute atomic E-state index is 0.729. The molecule has 0 saturated heterocycles. The van der Waals surface area contributed by atoms with Crippen molar-refractivity contribution in [1.82, 2.24) is 14.6 Å². The number of anilines is 1. The van der Waals surface area contributed by atoms with Gasteiger partial charge in [0, 0.05) is 18.3 Å². The minimum Gasteiger partial charge on any atom is -0.364 e. The van der Waals surface area contributed by atoms with Crippen molar-refractivity contribution in [2.24, 2.45) is 0 Å². The van der Waals surface area contributed by atoms with E-state index in [1.165, 1.54) is 5.56 Å². The molecule has 4 rings (SSSR count). The highest BCUT2D eigenvalue weighted by atomic mass is 15.2. The van der Waals surface area contributed by atoms with Crippen LogP contribution in [0.3, 0.4) is 0 Å². The van der Waals surface area contributed by atoms with Crippen LogP contribution < -0.4 is 5.32 Å².